The molecule has 0 amide bonds. The first kappa shape index (κ1) is 9.21. The number of rotatable bonds is 4. The molecule has 1 aromatic rings. The fourth-order valence-electron chi connectivity index (χ4n) is 1.28. The van der Waals surface area contributed by atoms with Crippen LogP contribution in [0.25, 0.3) is 0 Å². The van der Waals surface area contributed by atoms with Gasteiger partial charge in [-0.25, -0.2) is 9.97 Å². The van der Waals surface area contributed by atoms with E-state index in [4.69, 9.17) is 10.5 Å². The van der Waals surface area contributed by atoms with Crippen LogP contribution in [-0.4, -0.2) is 23.1 Å². The van der Waals surface area contributed by atoms with E-state index in [9.17, 15) is 0 Å². The van der Waals surface area contributed by atoms with Gasteiger partial charge >= 0.3 is 0 Å². The number of hydrogen-bond donors (Lipinski definition) is 2. The number of nitrogen functional groups attached to an aromatic ring is 1. The molecule has 1 aromatic heterocycles. The third kappa shape index (κ3) is 1.93. The molecule has 2 rings (SSSR count). The second-order valence-corrected chi connectivity index (χ2v) is 3.40. The van der Waals surface area contributed by atoms with Crippen molar-refractivity contribution in [3.8, 4) is 5.88 Å². The summed E-state index contributed by atoms with van der Waals surface area (Å²) in [7, 11) is 1.59. The van der Waals surface area contributed by atoms with Gasteiger partial charge < -0.3 is 15.8 Å². The lowest BCUT2D eigenvalue weighted by Crippen LogP contribution is -2.18. The maximum atomic E-state index is 5.73. The van der Waals surface area contributed by atoms with Gasteiger partial charge in [0.05, 0.1) is 12.7 Å². The first-order valence-electron chi connectivity index (χ1n) is 4.68. The van der Waals surface area contributed by atoms with Crippen molar-refractivity contribution in [2.24, 2.45) is 0 Å². The molecule has 76 valence electrons. The van der Waals surface area contributed by atoms with Gasteiger partial charge in [-0.05, 0) is 12.8 Å². The van der Waals surface area contributed by atoms with Crippen LogP contribution in [0.4, 0.5) is 5.82 Å². The highest BCUT2D eigenvalue weighted by Crippen LogP contribution is 2.23. The lowest BCUT2D eigenvalue weighted by atomic mass is 10.3. The molecule has 1 fully saturated rings. The molecule has 1 saturated carbocycles. The number of aromatic nitrogens is 2. The van der Waals surface area contributed by atoms with E-state index in [2.05, 4.69) is 15.3 Å². The molecule has 0 aromatic carbocycles. The van der Waals surface area contributed by atoms with Crippen molar-refractivity contribution in [1.82, 2.24) is 15.3 Å². The Morgan fingerprint density at radius 3 is 3.00 bits per heavy atom. The van der Waals surface area contributed by atoms with Gasteiger partial charge in [0.25, 0.3) is 0 Å². The molecular weight excluding hydrogens is 180 g/mol. The molecule has 5 nitrogen and oxygen atoms in total. The molecule has 0 bridgehead atoms. The molecule has 1 heterocycles. The van der Waals surface area contributed by atoms with Gasteiger partial charge in [-0.2, -0.15) is 0 Å². The molecule has 0 aliphatic heterocycles. The molecule has 0 unspecified atom stereocenters. The van der Waals surface area contributed by atoms with E-state index in [0.717, 1.165) is 5.56 Å². The average molecular weight is 194 g/mol. The van der Waals surface area contributed by atoms with Crippen LogP contribution in [0.15, 0.2) is 6.33 Å². The highest BCUT2D eigenvalue weighted by Gasteiger charge is 2.21. The lowest BCUT2D eigenvalue weighted by molar-refractivity contribution is 0.389. The number of nitrogens with zero attached hydrogens (tertiary/aromatic N) is 2. The van der Waals surface area contributed by atoms with Crippen LogP contribution in [0.2, 0.25) is 0 Å². The van der Waals surface area contributed by atoms with Gasteiger partial charge in [0.2, 0.25) is 5.88 Å². The fraction of sp³-hybridized carbons (Fsp3) is 0.556. The maximum Gasteiger partial charge on any atom is 0.222 e. The van der Waals surface area contributed by atoms with E-state index in [-0.39, 0.29) is 0 Å². The predicted octanol–water partition coefficient (Wildman–Crippen LogP) is 0.319. The van der Waals surface area contributed by atoms with Crippen LogP contribution in [0.5, 0.6) is 5.88 Å². The summed E-state index contributed by atoms with van der Waals surface area (Å²) in [5.74, 6) is 1.05. The summed E-state index contributed by atoms with van der Waals surface area (Å²) in [5.41, 5.74) is 6.58. The SMILES string of the molecule is COc1ncnc(N)c1CNC1CC1. The Labute approximate surface area is 82.7 Å². The Morgan fingerprint density at radius 2 is 2.36 bits per heavy atom. The zero-order valence-corrected chi connectivity index (χ0v) is 8.16. The van der Waals surface area contributed by atoms with E-state index in [1.165, 1.54) is 19.2 Å². The van der Waals surface area contributed by atoms with Crippen LogP contribution in [0.1, 0.15) is 18.4 Å². The van der Waals surface area contributed by atoms with Crippen molar-refractivity contribution in [2.75, 3.05) is 12.8 Å². The molecule has 14 heavy (non-hydrogen) atoms. The number of nitrogens with two attached hydrogens (primary N) is 1. The Morgan fingerprint density at radius 1 is 1.57 bits per heavy atom. The van der Waals surface area contributed by atoms with E-state index in [0.29, 0.717) is 24.3 Å². The van der Waals surface area contributed by atoms with Crippen molar-refractivity contribution in [1.29, 1.82) is 0 Å². The molecule has 3 N–H and O–H groups in total. The zero-order valence-electron chi connectivity index (χ0n) is 8.16. The molecule has 0 spiro atoms. The standard InChI is InChI=1S/C9H14N4O/c1-14-9-7(4-11-6-2-3-6)8(10)12-5-13-9/h5-6,11H,2-4H2,1H3,(H2,10,12,13). The van der Waals surface area contributed by atoms with Crippen LogP contribution in [0.3, 0.4) is 0 Å². The zero-order chi connectivity index (χ0) is 9.97. The molecule has 0 atom stereocenters. The fourth-order valence-corrected chi connectivity index (χ4v) is 1.28. The van der Waals surface area contributed by atoms with Crippen molar-refractivity contribution < 1.29 is 4.74 Å². The summed E-state index contributed by atoms with van der Waals surface area (Å²) in [6.07, 6.45) is 3.90. The van der Waals surface area contributed by atoms with Gasteiger partial charge in [0.1, 0.15) is 12.1 Å². The van der Waals surface area contributed by atoms with E-state index < -0.39 is 0 Å². The lowest BCUT2D eigenvalue weighted by Gasteiger charge is -2.09. The second-order valence-electron chi connectivity index (χ2n) is 3.40. The Kier molecular flexibility index (Phi) is 2.49. The van der Waals surface area contributed by atoms with Crippen molar-refractivity contribution in [2.45, 2.75) is 25.4 Å². The van der Waals surface area contributed by atoms with Crippen molar-refractivity contribution in [3.63, 3.8) is 0 Å². The molecular formula is C9H14N4O. The molecule has 5 heteroatoms. The quantitative estimate of drug-likeness (QED) is 0.722. The van der Waals surface area contributed by atoms with E-state index >= 15 is 0 Å². The highest BCUT2D eigenvalue weighted by molar-refractivity contribution is 5.44. The Balaban J connectivity index is 2.11. The minimum atomic E-state index is 0.491. The van der Waals surface area contributed by atoms with Crippen molar-refractivity contribution >= 4 is 5.82 Å². The third-order valence-electron chi connectivity index (χ3n) is 2.28. The largest absolute Gasteiger partial charge is 0.481 e. The van der Waals surface area contributed by atoms with Crippen LogP contribution < -0.4 is 15.8 Å². The summed E-state index contributed by atoms with van der Waals surface area (Å²) in [4.78, 5) is 7.94. The average Bonchev–Trinajstić information content (AvgIpc) is 2.99. The predicted molar refractivity (Wildman–Crippen MR) is 52.9 cm³/mol. The molecule has 0 radical (unpaired) electrons. The molecule has 1 aliphatic rings. The smallest absolute Gasteiger partial charge is 0.222 e. The first-order chi connectivity index (χ1) is 6.81. The van der Waals surface area contributed by atoms with Gasteiger partial charge in [0, 0.05) is 12.6 Å². The first-order valence-corrected chi connectivity index (χ1v) is 4.68. The van der Waals surface area contributed by atoms with Gasteiger partial charge in [-0.15, -0.1) is 0 Å². The summed E-state index contributed by atoms with van der Waals surface area (Å²) in [6, 6.07) is 0.638. The number of nitrogens with one attached hydrogen (secondary N) is 1. The monoisotopic (exact) mass is 194 g/mol. The topological polar surface area (TPSA) is 73.1 Å². The number of hydrogen-bond acceptors (Lipinski definition) is 5. The minimum Gasteiger partial charge on any atom is -0.481 e. The van der Waals surface area contributed by atoms with Crippen LogP contribution >= 0.6 is 0 Å². The third-order valence-corrected chi connectivity index (χ3v) is 2.28. The van der Waals surface area contributed by atoms with Crippen LogP contribution in [-0.2, 0) is 6.54 Å². The summed E-state index contributed by atoms with van der Waals surface area (Å²) in [6.45, 7) is 0.681. The Bertz CT molecular complexity index is 325. The van der Waals surface area contributed by atoms with E-state index in [1.807, 2.05) is 0 Å². The number of anilines is 1. The van der Waals surface area contributed by atoms with Gasteiger partial charge in [-0.3, -0.25) is 0 Å². The highest BCUT2D eigenvalue weighted by atomic mass is 16.5. The van der Waals surface area contributed by atoms with Gasteiger partial charge in [-0.1, -0.05) is 0 Å². The number of ether oxygens (including phenoxy) is 1. The Hall–Kier alpha value is -1.36. The summed E-state index contributed by atoms with van der Waals surface area (Å²) < 4.78 is 5.11. The maximum absolute atomic E-state index is 5.73. The molecule has 0 saturated heterocycles. The van der Waals surface area contributed by atoms with E-state index in [1.54, 1.807) is 7.11 Å². The number of methoxy groups -OCH3 is 1. The molecule has 1 aliphatic carbocycles. The normalized spacial score (nSPS) is 15.5. The second kappa shape index (κ2) is 3.79. The summed E-state index contributed by atoms with van der Waals surface area (Å²) in [5, 5.41) is 3.35. The summed E-state index contributed by atoms with van der Waals surface area (Å²) >= 11 is 0. The van der Waals surface area contributed by atoms with Crippen LogP contribution in [0, 0.1) is 0 Å². The van der Waals surface area contributed by atoms with Crippen molar-refractivity contribution in [3.05, 3.63) is 11.9 Å². The minimum absolute atomic E-state index is 0.491. The van der Waals surface area contributed by atoms with Gasteiger partial charge in [0.15, 0.2) is 0 Å².